The van der Waals surface area contributed by atoms with E-state index < -0.39 is 4.92 Å². The van der Waals surface area contributed by atoms with Crippen LogP contribution in [0, 0.1) is 10.1 Å². The molecule has 0 amide bonds. The van der Waals surface area contributed by atoms with Crippen LogP contribution in [0.3, 0.4) is 0 Å². The molecule has 0 bridgehead atoms. The van der Waals surface area contributed by atoms with Crippen molar-refractivity contribution in [3.8, 4) is 16.5 Å². The van der Waals surface area contributed by atoms with Crippen molar-refractivity contribution < 1.29 is 14.5 Å². The molecule has 0 N–H and O–H groups in total. The van der Waals surface area contributed by atoms with Crippen LogP contribution in [0.1, 0.15) is 23.0 Å². The molecule has 0 saturated carbocycles. The Morgan fingerprint density at radius 1 is 1.40 bits per heavy atom. The summed E-state index contributed by atoms with van der Waals surface area (Å²) in [6.07, 6.45) is 0.373. The Morgan fingerprint density at radius 2 is 2.05 bits per heavy atom. The van der Waals surface area contributed by atoms with Crippen molar-refractivity contribution in [2.24, 2.45) is 0 Å². The smallest absolute Gasteiger partial charge is 0.269 e. The van der Waals surface area contributed by atoms with Gasteiger partial charge in [-0.1, -0.05) is 6.92 Å². The highest BCUT2D eigenvalue weighted by Gasteiger charge is 2.18. The molecule has 0 aliphatic heterocycles. The van der Waals surface area contributed by atoms with E-state index in [0.717, 1.165) is 0 Å². The van der Waals surface area contributed by atoms with E-state index in [1.807, 2.05) is 0 Å². The number of non-ortho nitro benzene ring substituents is 1. The predicted octanol–water partition coefficient (Wildman–Crippen LogP) is 3.32. The van der Waals surface area contributed by atoms with E-state index in [1.54, 1.807) is 19.1 Å². The number of ketones is 1. The third-order valence-electron chi connectivity index (χ3n) is 2.69. The molecule has 0 fully saturated rings. The molecule has 1 aromatic heterocycles. The van der Waals surface area contributed by atoms with Crippen LogP contribution in [-0.4, -0.2) is 22.8 Å². The SMILES string of the molecule is CCC(=O)c1sc(-c2ccc([N+](=O)[O-])cc2)nc1OC. The van der Waals surface area contributed by atoms with Crippen LogP contribution in [0.15, 0.2) is 24.3 Å². The number of hydrogen-bond donors (Lipinski definition) is 0. The van der Waals surface area contributed by atoms with E-state index in [-0.39, 0.29) is 11.5 Å². The van der Waals surface area contributed by atoms with Crippen molar-refractivity contribution >= 4 is 22.8 Å². The number of Topliss-reactive ketones (excluding diaryl/α,β-unsaturated/α-hetero) is 1. The Hall–Kier alpha value is -2.28. The summed E-state index contributed by atoms with van der Waals surface area (Å²) < 4.78 is 5.10. The number of nitrogens with zero attached hydrogens (tertiary/aromatic N) is 2. The molecule has 0 unspecified atom stereocenters. The van der Waals surface area contributed by atoms with Crippen molar-refractivity contribution in [3.05, 3.63) is 39.3 Å². The minimum atomic E-state index is -0.460. The average molecular weight is 292 g/mol. The molecule has 6 nitrogen and oxygen atoms in total. The topological polar surface area (TPSA) is 82.3 Å². The van der Waals surface area contributed by atoms with Crippen molar-refractivity contribution in [1.29, 1.82) is 0 Å². The van der Waals surface area contributed by atoms with Crippen LogP contribution >= 0.6 is 11.3 Å². The highest BCUT2D eigenvalue weighted by Crippen LogP contribution is 2.33. The number of aromatic nitrogens is 1. The number of ether oxygens (including phenoxy) is 1. The molecule has 20 heavy (non-hydrogen) atoms. The summed E-state index contributed by atoms with van der Waals surface area (Å²) in [5, 5.41) is 11.2. The van der Waals surface area contributed by atoms with Crippen LogP contribution in [0.4, 0.5) is 5.69 Å². The number of rotatable bonds is 5. The van der Waals surface area contributed by atoms with Crippen molar-refractivity contribution in [2.45, 2.75) is 13.3 Å². The Labute approximate surface area is 119 Å². The first-order chi connectivity index (χ1) is 9.56. The summed E-state index contributed by atoms with van der Waals surface area (Å²) in [5.41, 5.74) is 0.733. The molecule has 0 spiro atoms. The Balaban J connectivity index is 2.40. The Morgan fingerprint density at radius 3 is 2.55 bits per heavy atom. The van der Waals surface area contributed by atoms with E-state index in [4.69, 9.17) is 4.74 Å². The van der Waals surface area contributed by atoms with Gasteiger partial charge in [-0.2, -0.15) is 0 Å². The standard InChI is InChI=1S/C13H12N2O4S/c1-3-10(16)11-12(19-2)14-13(20-11)8-4-6-9(7-5-8)15(17)18/h4-7H,3H2,1-2H3. The minimum Gasteiger partial charge on any atom is -0.480 e. The van der Waals surface area contributed by atoms with Gasteiger partial charge in [-0.25, -0.2) is 4.98 Å². The lowest BCUT2D eigenvalue weighted by Gasteiger charge is -1.96. The quantitative estimate of drug-likeness (QED) is 0.479. The zero-order valence-corrected chi connectivity index (χ0v) is 11.8. The van der Waals surface area contributed by atoms with Crippen LogP contribution in [0.5, 0.6) is 5.88 Å². The monoisotopic (exact) mass is 292 g/mol. The van der Waals surface area contributed by atoms with Crippen LogP contribution in [0.25, 0.3) is 10.6 Å². The number of methoxy groups -OCH3 is 1. The molecule has 7 heteroatoms. The highest BCUT2D eigenvalue weighted by atomic mass is 32.1. The molecular weight excluding hydrogens is 280 g/mol. The fourth-order valence-corrected chi connectivity index (χ4v) is 2.68. The van der Waals surface area contributed by atoms with Crippen molar-refractivity contribution in [2.75, 3.05) is 7.11 Å². The maximum absolute atomic E-state index is 11.8. The second-order valence-corrected chi connectivity index (χ2v) is 4.94. The maximum Gasteiger partial charge on any atom is 0.269 e. The first-order valence-corrected chi connectivity index (χ1v) is 6.71. The van der Waals surface area contributed by atoms with Crippen molar-refractivity contribution in [3.63, 3.8) is 0 Å². The van der Waals surface area contributed by atoms with E-state index in [9.17, 15) is 14.9 Å². The zero-order chi connectivity index (χ0) is 14.7. The van der Waals surface area contributed by atoms with Gasteiger partial charge in [0.05, 0.1) is 12.0 Å². The fraction of sp³-hybridized carbons (Fsp3) is 0.231. The second-order valence-electron chi connectivity index (χ2n) is 3.94. The number of thiazole rings is 1. The lowest BCUT2D eigenvalue weighted by molar-refractivity contribution is -0.384. The summed E-state index contributed by atoms with van der Waals surface area (Å²) in [6, 6.07) is 6.03. The van der Waals surface area contributed by atoms with Gasteiger partial charge >= 0.3 is 0 Å². The number of nitro groups is 1. The van der Waals surface area contributed by atoms with E-state index >= 15 is 0 Å². The first kappa shape index (κ1) is 14.1. The van der Waals surface area contributed by atoms with Crippen LogP contribution in [-0.2, 0) is 0 Å². The molecule has 1 aromatic carbocycles. The molecular formula is C13H12N2O4S. The van der Waals surface area contributed by atoms with Gasteiger partial charge in [0, 0.05) is 24.1 Å². The number of carbonyl (C=O) groups is 1. The van der Waals surface area contributed by atoms with Gasteiger partial charge < -0.3 is 4.74 Å². The predicted molar refractivity (Wildman–Crippen MR) is 75.4 cm³/mol. The number of nitro benzene ring substituents is 1. The summed E-state index contributed by atoms with van der Waals surface area (Å²) in [7, 11) is 1.46. The third-order valence-corrected chi connectivity index (χ3v) is 3.82. The van der Waals surface area contributed by atoms with Crippen LogP contribution in [0.2, 0.25) is 0 Å². The molecule has 0 aliphatic carbocycles. The van der Waals surface area contributed by atoms with E-state index in [1.165, 1.54) is 30.6 Å². The minimum absolute atomic E-state index is 0.0159. The number of hydrogen-bond acceptors (Lipinski definition) is 6. The Bertz CT molecular complexity index is 649. The largest absolute Gasteiger partial charge is 0.480 e. The normalized spacial score (nSPS) is 10.3. The highest BCUT2D eigenvalue weighted by molar-refractivity contribution is 7.17. The molecule has 0 radical (unpaired) electrons. The van der Waals surface area contributed by atoms with Gasteiger partial charge in [0.25, 0.3) is 5.69 Å². The summed E-state index contributed by atoms with van der Waals surface area (Å²) in [6.45, 7) is 1.77. The lowest BCUT2D eigenvalue weighted by atomic mass is 10.2. The molecule has 1 heterocycles. The second kappa shape index (κ2) is 5.79. The first-order valence-electron chi connectivity index (χ1n) is 5.89. The average Bonchev–Trinajstić information content (AvgIpc) is 2.90. The summed E-state index contributed by atoms with van der Waals surface area (Å²) >= 11 is 1.23. The van der Waals surface area contributed by atoms with E-state index in [0.29, 0.717) is 27.7 Å². The van der Waals surface area contributed by atoms with Gasteiger partial charge in [-0.05, 0) is 12.1 Å². The zero-order valence-electron chi connectivity index (χ0n) is 11.0. The van der Waals surface area contributed by atoms with E-state index in [2.05, 4.69) is 4.98 Å². The molecule has 2 rings (SSSR count). The van der Waals surface area contributed by atoms with Crippen LogP contribution < -0.4 is 4.74 Å². The Kier molecular flexibility index (Phi) is 4.09. The molecule has 0 aliphatic rings. The molecule has 104 valence electrons. The lowest BCUT2D eigenvalue weighted by Crippen LogP contribution is -1.96. The van der Waals surface area contributed by atoms with Gasteiger partial charge in [-0.3, -0.25) is 14.9 Å². The third kappa shape index (κ3) is 2.67. The van der Waals surface area contributed by atoms with Crippen molar-refractivity contribution in [1.82, 2.24) is 4.98 Å². The van der Waals surface area contributed by atoms with Gasteiger partial charge in [0.2, 0.25) is 5.88 Å². The summed E-state index contributed by atoms with van der Waals surface area (Å²) in [5.74, 6) is 0.266. The summed E-state index contributed by atoms with van der Waals surface area (Å²) in [4.78, 5) is 26.7. The molecule has 0 atom stereocenters. The maximum atomic E-state index is 11.8. The van der Waals surface area contributed by atoms with Gasteiger partial charge in [0.1, 0.15) is 9.88 Å². The van der Waals surface area contributed by atoms with Gasteiger partial charge in [-0.15, -0.1) is 11.3 Å². The molecule has 2 aromatic rings. The fourth-order valence-electron chi connectivity index (χ4n) is 1.63. The van der Waals surface area contributed by atoms with Gasteiger partial charge in [0.15, 0.2) is 5.78 Å². The number of benzene rings is 1. The number of carbonyl (C=O) groups excluding carboxylic acids is 1. The molecule has 0 saturated heterocycles.